The van der Waals surface area contributed by atoms with Crippen molar-refractivity contribution in [2.45, 2.75) is 17.1 Å². The van der Waals surface area contributed by atoms with Crippen LogP contribution in [0.5, 0.6) is 11.5 Å². The van der Waals surface area contributed by atoms with Crippen molar-refractivity contribution < 1.29 is 23.9 Å². The summed E-state index contributed by atoms with van der Waals surface area (Å²) in [7, 11) is 3.11. The van der Waals surface area contributed by atoms with Crippen molar-refractivity contribution in [2.24, 2.45) is 0 Å². The maximum Gasteiger partial charge on any atom is 0.272 e. The second kappa shape index (κ2) is 14.6. The van der Waals surface area contributed by atoms with Gasteiger partial charge in [0.05, 0.1) is 25.2 Å². The molecule has 3 N–H and O–H groups in total. The monoisotopic (exact) mass is 581 g/mol. The number of hydrogen-bond donors (Lipinski definition) is 3. The van der Waals surface area contributed by atoms with Crippen molar-refractivity contribution in [1.82, 2.24) is 5.32 Å². The fourth-order valence-electron chi connectivity index (χ4n) is 3.90. The Morgan fingerprint density at radius 1 is 0.786 bits per heavy atom. The summed E-state index contributed by atoms with van der Waals surface area (Å²) in [5, 5.41) is 8.08. The number of amides is 3. The van der Waals surface area contributed by atoms with Crippen LogP contribution in [0.2, 0.25) is 0 Å². The van der Waals surface area contributed by atoms with E-state index in [1.807, 2.05) is 43.3 Å². The lowest BCUT2D eigenvalue weighted by Crippen LogP contribution is -2.30. The molecule has 4 rings (SSSR count). The summed E-state index contributed by atoms with van der Waals surface area (Å²) in [6.45, 7) is 1.82. The van der Waals surface area contributed by atoms with Gasteiger partial charge in [-0.15, -0.1) is 11.8 Å². The second-order valence-corrected chi connectivity index (χ2v) is 10.5. The number of thioether (sulfide) groups is 1. The maximum absolute atomic E-state index is 13.3. The number of nitrogens with one attached hydrogen (secondary N) is 3. The van der Waals surface area contributed by atoms with Crippen LogP contribution in [0.3, 0.4) is 0 Å². The number of methoxy groups -OCH3 is 2. The van der Waals surface area contributed by atoms with Crippen LogP contribution in [-0.4, -0.2) is 37.2 Å². The molecule has 0 saturated carbocycles. The van der Waals surface area contributed by atoms with E-state index in [9.17, 15) is 14.4 Å². The molecule has 3 amide bonds. The first-order valence-corrected chi connectivity index (χ1v) is 14.0. The number of benzene rings is 4. The summed E-state index contributed by atoms with van der Waals surface area (Å²) < 4.78 is 10.6. The summed E-state index contributed by atoms with van der Waals surface area (Å²) in [6, 6.07) is 30.2. The number of carbonyl (C=O) groups is 3. The molecule has 0 fully saturated rings. The van der Waals surface area contributed by atoms with E-state index in [2.05, 4.69) is 16.0 Å². The van der Waals surface area contributed by atoms with Crippen molar-refractivity contribution in [3.8, 4) is 11.5 Å². The SMILES string of the molecule is COc1cccc(/C=C(\NC(=O)c2ccccc2)C(=O)Nc2ccc(SC(C)C(=O)Nc3ccccc3OC)cc2)c1. The lowest BCUT2D eigenvalue weighted by Gasteiger charge is -2.15. The molecule has 8 nitrogen and oxygen atoms in total. The van der Waals surface area contributed by atoms with Crippen LogP contribution < -0.4 is 25.4 Å². The van der Waals surface area contributed by atoms with E-state index in [0.29, 0.717) is 34.0 Å². The Labute approximate surface area is 249 Å². The molecule has 1 unspecified atom stereocenters. The van der Waals surface area contributed by atoms with Gasteiger partial charge in [0.1, 0.15) is 17.2 Å². The molecule has 0 radical (unpaired) electrons. The number of carbonyl (C=O) groups excluding carboxylic acids is 3. The van der Waals surface area contributed by atoms with Crippen LogP contribution in [0.15, 0.2) is 114 Å². The minimum atomic E-state index is -0.493. The first kappa shape index (κ1) is 30.0. The predicted molar refractivity (Wildman–Crippen MR) is 167 cm³/mol. The van der Waals surface area contributed by atoms with Crippen LogP contribution >= 0.6 is 11.8 Å². The van der Waals surface area contributed by atoms with Gasteiger partial charge in [0.25, 0.3) is 11.8 Å². The van der Waals surface area contributed by atoms with Crippen LogP contribution in [0.25, 0.3) is 6.08 Å². The third kappa shape index (κ3) is 8.25. The summed E-state index contributed by atoms with van der Waals surface area (Å²) in [4.78, 5) is 39.8. The van der Waals surface area contributed by atoms with Gasteiger partial charge >= 0.3 is 0 Å². The van der Waals surface area contributed by atoms with Crippen LogP contribution in [0.4, 0.5) is 11.4 Å². The van der Waals surface area contributed by atoms with Gasteiger partial charge in [0.2, 0.25) is 5.91 Å². The number of ether oxygens (including phenoxy) is 2. The van der Waals surface area contributed by atoms with Crippen LogP contribution in [0.1, 0.15) is 22.8 Å². The third-order valence-electron chi connectivity index (χ3n) is 6.09. The van der Waals surface area contributed by atoms with Crippen LogP contribution in [0, 0.1) is 0 Å². The zero-order valence-corrected chi connectivity index (χ0v) is 24.2. The molecule has 0 aliphatic heterocycles. The Bertz CT molecular complexity index is 1570. The summed E-state index contributed by atoms with van der Waals surface area (Å²) in [5.41, 5.74) is 2.30. The maximum atomic E-state index is 13.3. The van der Waals surface area contributed by atoms with Gasteiger partial charge in [-0.25, -0.2) is 0 Å². The summed E-state index contributed by atoms with van der Waals surface area (Å²) in [6.07, 6.45) is 1.59. The van der Waals surface area contributed by atoms with E-state index in [1.54, 1.807) is 87.0 Å². The smallest absolute Gasteiger partial charge is 0.272 e. The zero-order chi connectivity index (χ0) is 29.9. The number of anilines is 2. The molecule has 4 aromatic carbocycles. The molecule has 0 saturated heterocycles. The minimum absolute atomic E-state index is 0.0668. The van der Waals surface area contributed by atoms with Crippen molar-refractivity contribution >= 4 is 46.9 Å². The minimum Gasteiger partial charge on any atom is -0.497 e. The normalized spacial score (nSPS) is 11.6. The third-order valence-corrected chi connectivity index (χ3v) is 7.20. The van der Waals surface area contributed by atoms with Gasteiger partial charge in [-0.2, -0.15) is 0 Å². The summed E-state index contributed by atoms with van der Waals surface area (Å²) >= 11 is 1.38. The highest BCUT2D eigenvalue weighted by atomic mass is 32.2. The molecule has 214 valence electrons. The van der Waals surface area contributed by atoms with E-state index >= 15 is 0 Å². The molecule has 9 heteroatoms. The van der Waals surface area contributed by atoms with Gasteiger partial charge in [0, 0.05) is 16.1 Å². The summed E-state index contributed by atoms with van der Waals surface area (Å²) in [5.74, 6) is 0.141. The molecular weight excluding hydrogens is 550 g/mol. The molecular formula is C33H31N3O5S. The number of rotatable bonds is 11. The highest BCUT2D eigenvalue weighted by Gasteiger charge is 2.18. The Morgan fingerprint density at radius 3 is 2.21 bits per heavy atom. The van der Waals surface area contributed by atoms with Crippen molar-refractivity contribution in [1.29, 1.82) is 0 Å². The molecule has 4 aromatic rings. The largest absolute Gasteiger partial charge is 0.497 e. The second-order valence-electron chi connectivity index (χ2n) is 9.08. The molecule has 0 aromatic heterocycles. The van der Waals surface area contributed by atoms with E-state index in [4.69, 9.17) is 9.47 Å². The van der Waals surface area contributed by atoms with Crippen molar-refractivity contribution in [2.75, 3.05) is 24.9 Å². The topological polar surface area (TPSA) is 106 Å². The lowest BCUT2D eigenvalue weighted by atomic mass is 10.1. The quantitative estimate of drug-likeness (QED) is 0.143. The average Bonchev–Trinajstić information content (AvgIpc) is 3.02. The first-order chi connectivity index (χ1) is 20.4. The molecule has 0 bridgehead atoms. The van der Waals surface area contributed by atoms with Crippen molar-refractivity contribution in [3.05, 3.63) is 120 Å². The Hall–Kier alpha value is -5.02. The van der Waals surface area contributed by atoms with Crippen LogP contribution in [-0.2, 0) is 9.59 Å². The average molecular weight is 582 g/mol. The molecule has 0 spiro atoms. The molecule has 0 aliphatic rings. The lowest BCUT2D eigenvalue weighted by molar-refractivity contribution is -0.115. The molecule has 0 heterocycles. The Balaban J connectivity index is 1.44. The van der Waals surface area contributed by atoms with Crippen molar-refractivity contribution in [3.63, 3.8) is 0 Å². The first-order valence-electron chi connectivity index (χ1n) is 13.1. The van der Waals surface area contributed by atoms with Gasteiger partial charge < -0.3 is 25.4 Å². The van der Waals surface area contributed by atoms with Gasteiger partial charge in [-0.1, -0.05) is 42.5 Å². The van der Waals surface area contributed by atoms with Gasteiger partial charge in [0.15, 0.2) is 0 Å². The van der Waals surface area contributed by atoms with E-state index in [0.717, 1.165) is 4.90 Å². The Kier molecular flexibility index (Phi) is 10.4. The zero-order valence-electron chi connectivity index (χ0n) is 23.4. The fraction of sp³-hybridized carbons (Fsp3) is 0.121. The number of para-hydroxylation sites is 2. The fourth-order valence-corrected chi connectivity index (χ4v) is 4.76. The molecule has 42 heavy (non-hydrogen) atoms. The predicted octanol–water partition coefficient (Wildman–Crippen LogP) is 6.23. The van der Waals surface area contributed by atoms with Gasteiger partial charge in [-0.05, 0) is 79.2 Å². The number of hydrogen-bond acceptors (Lipinski definition) is 6. The van der Waals surface area contributed by atoms with E-state index < -0.39 is 11.8 Å². The highest BCUT2D eigenvalue weighted by molar-refractivity contribution is 8.00. The van der Waals surface area contributed by atoms with Gasteiger partial charge in [-0.3, -0.25) is 14.4 Å². The van der Waals surface area contributed by atoms with E-state index in [1.165, 1.54) is 11.8 Å². The highest BCUT2D eigenvalue weighted by Crippen LogP contribution is 2.28. The molecule has 1 atom stereocenters. The Morgan fingerprint density at radius 2 is 1.50 bits per heavy atom. The molecule has 0 aliphatic carbocycles. The standard InChI is InChI=1S/C33H31N3O5S/c1-22(31(37)35-28-14-7-8-15-30(28)41-3)42-27-18-16-25(17-19-27)34-33(39)29(21-23-10-9-13-26(20-23)40-2)36-32(38)24-11-5-4-6-12-24/h4-22H,1-3H3,(H,34,39)(H,35,37)(H,36,38)/b29-21-. The van der Waals surface area contributed by atoms with E-state index in [-0.39, 0.29) is 16.9 Å².